The number of nitrogens with one attached hydrogen (secondary N) is 2. The van der Waals surface area contributed by atoms with Crippen LogP contribution in [0.3, 0.4) is 0 Å². The number of nitriles is 1. The number of imidazole rings is 1. The number of rotatable bonds is 4. The Morgan fingerprint density at radius 1 is 1.06 bits per heavy atom. The highest BCUT2D eigenvalue weighted by atomic mass is 35.5. The number of pyridine rings is 1. The van der Waals surface area contributed by atoms with Gasteiger partial charge in [0.1, 0.15) is 23.5 Å². The van der Waals surface area contributed by atoms with Crippen molar-refractivity contribution < 1.29 is 18.0 Å². The third-order valence-corrected chi connectivity index (χ3v) is 4.80. The van der Waals surface area contributed by atoms with Gasteiger partial charge in [0.15, 0.2) is 17.3 Å². The van der Waals surface area contributed by atoms with E-state index in [0.717, 1.165) is 18.2 Å². The molecule has 1 amide bonds. The fraction of sp³-hybridized carbons (Fsp3) is 0. The number of H-pyrrole nitrogens is 1. The fourth-order valence-corrected chi connectivity index (χ4v) is 3.20. The van der Waals surface area contributed by atoms with E-state index >= 15 is 0 Å². The maximum atomic E-state index is 14.2. The van der Waals surface area contributed by atoms with Crippen molar-refractivity contribution in [1.29, 1.82) is 5.26 Å². The zero-order valence-electron chi connectivity index (χ0n) is 16.0. The van der Waals surface area contributed by atoms with Crippen molar-refractivity contribution in [2.75, 3.05) is 5.32 Å². The third-order valence-electron chi connectivity index (χ3n) is 4.48. The molecule has 2 heterocycles. The molecular weight excluding hydrogens is 443 g/mol. The molecule has 158 valence electrons. The lowest BCUT2D eigenvalue weighted by molar-refractivity contribution is 0.102. The molecule has 0 bridgehead atoms. The summed E-state index contributed by atoms with van der Waals surface area (Å²) in [6, 6.07) is 11.9. The van der Waals surface area contributed by atoms with Gasteiger partial charge in [-0.2, -0.15) is 5.26 Å². The number of hydrogen-bond donors (Lipinski definition) is 2. The molecule has 0 aliphatic carbocycles. The lowest BCUT2D eigenvalue weighted by Crippen LogP contribution is -2.13. The van der Waals surface area contributed by atoms with Gasteiger partial charge in [0, 0.05) is 17.3 Å². The molecule has 6 nitrogen and oxygen atoms in total. The number of aromatic nitrogens is 3. The zero-order chi connectivity index (χ0) is 22.8. The Kier molecular flexibility index (Phi) is 5.62. The Balaban J connectivity index is 1.60. The van der Waals surface area contributed by atoms with Gasteiger partial charge < -0.3 is 10.3 Å². The van der Waals surface area contributed by atoms with Gasteiger partial charge in [-0.05, 0) is 42.5 Å². The van der Waals surface area contributed by atoms with E-state index in [2.05, 4.69) is 20.3 Å². The first kappa shape index (κ1) is 21.1. The molecule has 4 rings (SSSR count). The summed E-state index contributed by atoms with van der Waals surface area (Å²) in [6.45, 7) is 0. The second-order valence-electron chi connectivity index (χ2n) is 6.53. The topological polar surface area (TPSA) is 94.5 Å². The number of halogens is 4. The molecule has 0 atom stereocenters. The van der Waals surface area contributed by atoms with Crippen LogP contribution in [0.4, 0.5) is 19.0 Å². The third kappa shape index (κ3) is 4.04. The van der Waals surface area contributed by atoms with E-state index in [1.54, 1.807) is 6.07 Å². The summed E-state index contributed by atoms with van der Waals surface area (Å²) < 4.78 is 40.6. The molecule has 2 N–H and O–H groups in total. The first-order chi connectivity index (χ1) is 15.4. The molecule has 2 aromatic carbocycles. The number of carbonyl (C=O) groups excluding carboxylic acids is 1. The van der Waals surface area contributed by atoms with Gasteiger partial charge in [-0.1, -0.05) is 17.7 Å². The van der Waals surface area contributed by atoms with Gasteiger partial charge >= 0.3 is 0 Å². The van der Waals surface area contributed by atoms with E-state index in [9.17, 15) is 23.2 Å². The van der Waals surface area contributed by atoms with E-state index < -0.39 is 23.4 Å². The second-order valence-corrected chi connectivity index (χ2v) is 6.94. The van der Waals surface area contributed by atoms with E-state index in [1.165, 1.54) is 30.5 Å². The predicted molar refractivity (Wildman–Crippen MR) is 111 cm³/mol. The summed E-state index contributed by atoms with van der Waals surface area (Å²) >= 11 is 6.07. The minimum Gasteiger partial charge on any atom is -0.337 e. The lowest BCUT2D eigenvalue weighted by Gasteiger charge is -2.06. The molecule has 0 fully saturated rings. The largest absolute Gasteiger partial charge is 0.337 e. The summed E-state index contributed by atoms with van der Waals surface area (Å²) in [4.78, 5) is 23.3. The lowest BCUT2D eigenvalue weighted by atomic mass is 10.1. The molecular formula is C22H11ClF3N5O. The Bertz CT molecular complexity index is 1360. The van der Waals surface area contributed by atoms with Gasteiger partial charge in [-0.25, -0.2) is 23.1 Å². The smallest absolute Gasteiger partial charge is 0.256 e. The van der Waals surface area contributed by atoms with Crippen LogP contribution >= 0.6 is 11.6 Å². The highest BCUT2D eigenvalue weighted by molar-refractivity contribution is 6.33. The van der Waals surface area contributed by atoms with Gasteiger partial charge in [0.05, 0.1) is 16.3 Å². The van der Waals surface area contributed by atoms with Gasteiger partial charge in [0.2, 0.25) is 0 Å². The van der Waals surface area contributed by atoms with Crippen molar-refractivity contribution in [2.24, 2.45) is 0 Å². The second kappa shape index (κ2) is 8.53. The van der Waals surface area contributed by atoms with Crippen molar-refractivity contribution in [3.63, 3.8) is 0 Å². The molecule has 0 radical (unpaired) electrons. The van der Waals surface area contributed by atoms with Crippen molar-refractivity contribution in [2.45, 2.75) is 0 Å². The van der Waals surface area contributed by atoms with Crippen LogP contribution in [-0.2, 0) is 0 Å². The highest BCUT2D eigenvalue weighted by Gasteiger charge is 2.18. The van der Waals surface area contributed by atoms with Crippen molar-refractivity contribution in [3.8, 4) is 28.7 Å². The number of benzene rings is 2. The van der Waals surface area contributed by atoms with Crippen LogP contribution in [0.2, 0.25) is 5.02 Å². The Morgan fingerprint density at radius 3 is 2.53 bits per heavy atom. The van der Waals surface area contributed by atoms with Crippen molar-refractivity contribution in [3.05, 3.63) is 88.5 Å². The molecule has 0 unspecified atom stereocenters. The minimum atomic E-state index is -1.14. The van der Waals surface area contributed by atoms with Crippen LogP contribution in [-0.4, -0.2) is 20.9 Å². The van der Waals surface area contributed by atoms with Crippen LogP contribution < -0.4 is 5.32 Å². The number of nitrogens with zero attached hydrogens (tertiary/aromatic N) is 3. The Morgan fingerprint density at radius 2 is 1.88 bits per heavy atom. The van der Waals surface area contributed by atoms with Crippen LogP contribution in [0, 0.1) is 28.8 Å². The van der Waals surface area contributed by atoms with Crippen LogP contribution in [0.15, 0.2) is 54.7 Å². The maximum Gasteiger partial charge on any atom is 0.256 e. The summed E-state index contributed by atoms with van der Waals surface area (Å²) in [5.41, 5.74) is 0.674. The van der Waals surface area contributed by atoms with Crippen molar-refractivity contribution >= 4 is 23.3 Å². The summed E-state index contributed by atoms with van der Waals surface area (Å²) in [5.74, 6) is -3.27. The number of carbonyl (C=O) groups is 1. The minimum absolute atomic E-state index is 0.000285. The quantitative estimate of drug-likeness (QED) is 0.436. The number of aromatic amines is 1. The average molecular weight is 454 g/mol. The van der Waals surface area contributed by atoms with E-state index in [4.69, 9.17) is 11.6 Å². The number of amides is 1. The molecule has 10 heteroatoms. The van der Waals surface area contributed by atoms with E-state index in [-0.39, 0.29) is 39.2 Å². The Labute approximate surface area is 184 Å². The van der Waals surface area contributed by atoms with Gasteiger partial charge in [-0.3, -0.25) is 4.79 Å². The molecule has 0 saturated heterocycles. The molecule has 0 spiro atoms. The SMILES string of the molecule is N#Cc1nc(-c2c(F)cccc2Cl)[nH]c1-c1ccc(NC(=O)c2ccc(F)c(F)c2)nc1. The normalized spacial score (nSPS) is 10.6. The first-order valence-electron chi connectivity index (χ1n) is 9.04. The predicted octanol–water partition coefficient (Wildman–Crippen LogP) is 5.33. The van der Waals surface area contributed by atoms with Crippen LogP contribution in [0.1, 0.15) is 16.1 Å². The molecule has 4 aromatic rings. The zero-order valence-corrected chi connectivity index (χ0v) is 16.7. The summed E-state index contributed by atoms with van der Waals surface area (Å²) in [6.07, 6.45) is 1.36. The average Bonchev–Trinajstić information content (AvgIpc) is 3.20. The van der Waals surface area contributed by atoms with E-state index in [0.29, 0.717) is 5.56 Å². The molecule has 2 aromatic heterocycles. The molecule has 0 aliphatic heterocycles. The molecule has 0 saturated carbocycles. The van der Waals surface area contributed by atoms with Gasteiger partial charge in [-0.15, -0.1) is 0 Å². The molecule has 0 aliphatic rings. The standard InChI is InChI=1S/C22H11ClF3N5O/c23-13-2-1-3-15(25)19(13)21-29-17(9-27)20(31-21)12-5-7-18(28-10-12)30-22(32)11-4-6-14(24)16(26)8-11/h1-8,10H,(H,29,31)(H,28,30,32). The van der Waals surface area contributed by atoms with E-state index in [1.807, 2.05) is 6.07 Å². The van der Waals surface area contributed by atoms with Gasteiger partial charge in [0.25, 0.3) is 5.91 Å². The number of hydrogen-bond acceptors (Lipinski definition) is 4. The monoisotopic (exact) mass is 453 g/mol. The molecule has 32 heavy (non-hydrogen) atoms. The highest BCUT2D eigenvalue weighted by Crippen LogP contribution is 2.32. The fourth-order valence-electron chi connectivity index (χ4n) is 2.95. The summed E-state index contributed by atoms with van der Waals surface area (Å²) in [7, 11) is 0. The first-order valence-corrected chi connectivity index (χ1v) is 9.42. The maximum absolute atomic E-state index is 14.2. The number of anilines is 1. The van der Waals surface area contributed by atoms with Crippen LogP contribution in [0.5, 0.6) is 0 Å². The van der Waals surface area contributed by atoms with Crippen molar-refractivity contribution in [1.82, 2.24) is 15.0 Å². The van der Waals surface area contributed by atoms with Crippen LogP contribution in [0.25, 0.3) is 22.6 Å². The summed E-state index contributed by atoms with van der Waals surface area (Å²) in [5, 5.41) is 12.0. The Hall–Kier alpha value is -4.16.